The van der Waals surface area contributed by atoms with E-state index in [0.717, 1.165) is 37.0 Å². The Hall–Kier alpha value is -3.21. The van der Waals surface area contributed by atoms with Gasteiger partial charge in [-0.1, -0.05) is 30.7 Å². The monoisotopic (exact) mass is 408 g/mol. The zero-order valence-electron chi connectivity index (χ0n) is 17.7. The number of carbonyl (C=O) groups is 1. The normalized spacial score (nSPS) is 17.4. The fraction of sp³-hybridized carbons (Fsp3) is 0.320. The van der Waals surface area contributed by atoms with Gasteiger partial charge in [-0.3, -0.25) is 0 Å². The van der Waals surface area contributed by atoms with E-state index in [9.17, 15) is 9.90 Å². The lowest BCUT2D eigenvalue weighted by Crippen LogP contribution is -1.97. The summed E-state index contributed by atoms with van der Waals surface area (Å²) in [7, 11) is 0. The number of hydrogen-bond acceptors (Lipinski definition) is 5. The van der Waals surface area contributed by atoms with Crippen LogP contribution in [-0.2, 0) is 22.4 Å². The van der Waals surface area contributed by atoms with Gasteiger partial charge in [-0.25, -0.2) is 4.79 Å². The minimum atomic E-state index is -0.480. The van der Waals surface area contributed by atoms with E-state index in [-0.39, 0.29) is 23.0 Å². The number of cyclic esters (lactones) is 1. The van der Waals surface area contributed by atoms with E-state index in [4.69, 9.17) is 13.6 Å². The summed E-state index contributed by atoms with van der Waals surface area (Å²) >= 11 is 0. The predicted molar refractivity (Wildman–Crippen MR) is 115 cm³/mol. The molecule has 1 N–H and O–H groups in total. The zero-order valence-corrected chi connectivity index (χ0v) is 17.7. The van der Waals surface area contributed by atoms with Crippen molar-refractivity contribution >= 4 is 5.97 Å². The van der Waals surface area contributed by atoms with Crippen LogP contribution in [0, 0.1) is 5.92 Å². The number of aryl methyl sites for hydroxylation is 1. The van der Waals surface area contributed by atoms with Crippen LogP contribution in [0.3, 0.4) is 0 Å². The quantitative estimate of drug-likeness (QED) is 0.395. The third kappa shape index (κ3) is 5.89. The highest BCUT2D eigenvalue weighted by Gasteiger charge is 2.26. The lowest BCUT2D eigenvalue weighted by atomic mass is 10.0. The number of hydrogen-bond donors (Lipinski definition) is 1. The fourth-order valence-electron chi connectivity index (χ4n) is 3.19. The van der Waals surface area contributed by atoms with Crippen molar-refractivity contribution in [3.8, 4) is 0 Å². The highest BCUT2D eigenvalue weighted by Crippen LogP contribution is 2.25. The first-order valence-corrected chi connectivity index (χ1v) is 10.2. The van der Waals surface area contributed by atoms with Crippen LogP contribution in [0.25, 0.3) is 0 Å². The van der Waals surface area contributed by atoms with E-state index in [1.54, 1.807) is 25.5 Å². The van der Waals surface area contributed by atoms with Crippen LogP contribution >= 0.6 is 0 Å². The Morgan fingerprint density at radius 2 is 2.10 bits per heavy atom. The minimum Gasteiger partial charge on any atom is -0.504 e. The Balaban J connectivity index is 1.42. The topological polar surface area (TPSA) is 72.8 Å². The average molecular weight is 408 g/mol. The van der Waals surface area contributed by atoms with Crippen molar-refractivity contribution in [1.82, 2.24) is 0 Å². The molecule has 1 aliphatic rings. The van der Waals surface area contributed by atoms with E-state index in [2.05, 4.69) is 31.2 Å². The molecule has 1 atom stereocenters. The molecular formula is C25H28O5. The van der Waals surface area contributed by atoms with Crippen molar-refractivity contribution in [3.05, 3.63) is 94.8 Å². The molecule has 0 spiro atoms. The van der Waals surface area contributed by atoms with Crippen molar-refractivity contribution < 1.29 is 23.5 Å². The summed E-state index contributed by atoms with van der Waals surface area (Å²) < 4.78 is 15.8. The van der Waals surface area contributed by atoms with Crippen LogP contribution in [0.2, 0.25) is 0 Å². The van der Waals surface area contributed by atoms with Gasteiger partial charge in [0, 0.05) is 6.42 Å². The van der Waals surface area contributed by atoms with E-state index in [1.807, 2.05) is 19.3 Å². The lowest BCUT2D eigenvalue weighted by Gasteiger charge is -2.04. The third-order valence-corrected chi connectivity index (χ3v) is 4.99. The Morgan fingerprint density at radius 3 is 2.80 bits per heavy atom. The number of furan rings is 2. The molecular weight excluding hydrogens is 380 g/mol. The van der Waals surface area contributed by atoms with Crippen LogP contribution in [0.4, 0.5) is 0 Å². The highest BCUT2D eigenvalue weighted by molar-refractivity contribution is 5.93. The Labute approximate surface area is 177 Å². The number of ether oxygens (including phenoxy) is 1. The lowest BCUT2D eigenvalue weighted by molar-refractivity contribution is -0.133. The maximum Gasteiger partial charge on any atom is 0.343 e. The average Bonchev–Trinajstić information content (AvgIpc) is 3.43. The van der Waals surface area contributed by atoms with Crippen molar-refractivity contribution in [2.75, 3.05) is 0 Å². The smallest absolute Gasteiger partial charge is 0.343 e. The van der Waals surface area contributed by atoms with Gasteiger partial charge in [-0.2, -0.15) is 0 Å². The summed E-state index contributed by atoms with van der Waals surface area (Å²) in [5.41, 5.74) is 3.75. The van der Waals surface area contributed by atoms with Gasteiger partial charge in [0.15, 0.2) is 11.5 Å². The number of aliphatic hydroxyl groups excluding tert-OH is 1. The molecule has 158 valence electrons. The second kappa shape index (κ2) is 10.0. The van der Waals surface area contributed by atoms with Crippen LogP contribution in [0.1, 0.15) is 50.5 Å². The Bertz CT molecular complexity index is 983. The van der Waals surface area contributed by atoms with Crippen LogP contribution < -0.4 is 0 Å². The van der Waals surface area contributed by atoms with Gasteiger partial charge >= 0.3 is 5.97 Å². The van der Waals surface area contributed by atoms with Crippen LogP contribution in [-0.4, -0.2) is 11.1 Å². The molecule has 3 rings (SSSR count). The maximum atomic E-state index is 11.4. The molecule has 0 saturated carbocycles. The number of esters is 1. The van der Waals surface area contributed by atoms with Gasteiger partial charge in [0.1, 0.15) is 5.76 Å². The molecule has 3 heterocycles. The molecule has 1 aliphatic heterocycles. The fourth-order valence-corrected chi connectivity index (χ4v) is 3.19. The second-order valence-corrected chi connectivity index (χ2v) is 7.73. The summed E-state index contributed by atoms with van der Waals surface area (Å²) in [6.45, 7) is 5.66. The van der Waals surface area contributed by atoms with Gasteiger partial charge < -0.3 is 18.7 Å². The summed E-state index contributed by atoms with van der Waals surface area (Å²) in [6.07, 6.45) is 16.8. The SMILES string of the molecule is CC(C=CC[C@H](C)C=C1OC(=O)C(C)=C1O)=CCCc1coc(Cc2ccoc2)c1. The van der Waals surface area contributed by atoms with E-state index in [1.165, 1.54) is 11.1 Å². The molecule has 0 aliphatic carbocycles. The molecule has 2 aromatic rings. The zero-order chi connectivity index (χ0) is 21.5. The van der Waals surface area contributed by atoms with E-state index < -0.39 is 5.97 Å². The summed E-state index contributed by atoms with van der Waals surface area (Å²) in [4.78, 5) is 11.4. The van der Waals surface area contributed by atoms with Gasteiger partial charge in [0.25, 0.3) is 0 Å². The molecule has 30 heavy (non-hydrogen) atoms. The first-order valence-electron chi connectivity index (χ1n) is 10.2. The molecule has 0 radical (unpaired) electrons. The first kappa shape index (κ1) is 21.5. The standard InChI is InChI=1S/C25H28O5/c1-17(6-4-8-18(2)12-23-24(26)19(3)25(27)30-23)7-5-9-20-13-22(29-16-20)14-21-10-11-28-15-21/h4,6-7,10-13,15-16,18,26H,5,8-9,14H2,1-3H3/t18-/m0/s1. The summed E-state index contributed by atoms with van der Waals surface area (Å²) in [5.74, 6) is 0.812. The molecule has 0 aromatic carbocycles. The maximum absolute atomic E-state index is 11.4. The highest BCUT2D eigenvalue weighted by atomic mass is 16.6. The first-order chi connectivity index (χ1) is 14.4. The summed E-state index contributed by atoms with van der Waals surface area (Å²) in [6, 6.07) is 4.04. The van der Waals surface area contributed by atoms with Crippen molar-refractivity contribution in [2.45, 2.75) is 46.5 Å². The number of rotatable bonds is 9. The van der Waals surface area contributed by atoms with Crippen LogP contribution in [0.5, 0.6) is 0 Å². The Kier molecular flexibility index (Phi) is 7.17. The second-order valence-electron chi connectivity index (χ2n) is 7.73. The number of carbonyl (C=O) groups excluding carboxylic acids is 1. The number of allylic oxidation sites excluding steroid dienone is 5. The van der Waals surface area contributed by atoms with E-state index >= 15 is 0 Å². The van der Waals surface area contributed by atoms with Crippen LogP contribution in [0.15, 0.2) is 86.7 Å². The molecule has 0 unspecified atom stereocenters. The minimum absolute atomic E-state index is 0.0564. The molecule has 0 amide bonds. The molecule has 0 saturated heterocycles. The molecule has 5 heteroatoms. The van der Waals surface area contributed by atoms with Gasteiger partial charge in [0.2, 0.25) is 0 Å². The van der Waals surface area contributed by atoms with Gasteiger partial charge in [-0.15, -0.1) is 0 Å². The third-order valence-electron chi connectivity index (χ3n) is 4.99. The largest absolute Gasteiger partial charge is 0.504 e. The molecule has 0 bridgehead atoms. The summed E-state index contributed by atoms with van der Waals surface area (Å²) in [5, 5.41) is 9.87. The molecule has 0 fully saturated rings. The molecule has 2 aromatic heterocycles. The van der Waals surface area contributed by atoms with Gasteiger partial charge in [0.05, 0.1) is 24.4 Å². The van der Waals surface area contributed by atoms with Crippen molar-refractivity contribution in [1.29, 1.82) is 0 Å². The molecule has 5 nitrogen and oxygen atoms in total. The predicted octanol–water partition coefficient (Wildman–Crippen LogP) is 6.20. The van der Waals surface area contributed by atoms with Gasteiger partial charge in [-0.05, 0) is 68.4 Å². The Morgan fingerprint density at radius 1 is 1.27 bits per heavy atom. The van der Waals surface area contributed by atoms with E-state index in [0.29, 0.717) is 0 Å². The van der Waals surface area contributed by atoms with Crippen molar-refractivity contribution in [3.63, 3.8) is 0 Å². The number of aliphatic hydroxyl groups is 1. The van der Waals surface area contributed by atoms with Crippen molar-refractivity contribution in [2.24, 2.45) is 5.92 Å².